The lowest BCUT2D eigenvalue weighted by Gasteiger charge is -2.43. The van der Waals surface area contributed by atoms with Crippen LogP contribution in [0.4, 0.5) is 0 Å². The third kappa shape index (κ3) is 3.29. The van der Waals surface area contributed by atoms with Gasteiger partial charge in [-0.25, -0.2) is 4.79 Å². The second-order valence-corrected chi connectivity index (χ2v) is 4.30. The lowest BCUT2D eigenvalue weighted by molar-refractivity contribution is -0.293. The van der Waals surface area contributed by atoms with Gasteiger partial charge >= 0.3 is 5.97 Å². The number of hydrogen-bond donors (Lipinski definition) is 3. The Bertz CT molecular complexity index is 289. The van der Waals surface area contributed by atoms with Gasteiger partial charge in [-0.1, -0.05) is 6.58 Å². The predicted molar refractivity (Wildman–Crippen MR) is 64.6 cm³/mol. The first-order chi connectivity index (χ1) is 8.32. The molecular formula is C12H22O6. The molecule has 0 rings (SSSR count). The van der Waals surface area contributed by atoms with Crippen LogP contribution in [0.2, 0.25) is 0 Å². The number of carbonyl (C=O) groups excluding carboxylic acids is 1. The summed E-state index contributed by atoms with van der Waals surface area (Å²) in [6.45, 7) is 6.36. The molecule has 1 unspecified atom stereocenters. The Hall–Kier alpha value is -0.950. The van der Waals surface area contributed by atoms with Gasteiger partial charge in [-0.15, -0.1) is 0 Å². The van der Waals surface area contributed by atoms with Gasteiger partial charge in [0, 0.05) is 19.1 Å². The summed E-state index contributed by atoms with van der Waals surface area (Å²) in [6, 6.07) is 0. The molecule has 0 radical (unpaired) electrons. The number of carbonyl (C=O) groups is 1. The fraction of sp³-hybridized carbons (Fsp3) is 0.750. The number of ether oxygens (including phenoxy) is 2. The first-order valence-corrected chi connectivity index (χ1v) is 5.68. The maximum Gasteiger partial charge on any atom is 0.335 e. The van der Waals surface area contributed by atoms with E-state index in [0.717, 1.165) is 0 Å². The van der Waals surface area contributed by atoms with Crippen molar-refractivity contribution in [1.29, 1.82) is 0 Å². The highest BCUT2D eigenvalue weighted by atomic mass is 16.7. The van der Waals surface area contributed by atoms with E-state index in [0.29, 0.717) is 0 Å². The second kappa shape index (κ2) is 6.84. The van der Waals surface area contributed by atoms with E-state index in [9.17, 15) is 20.1 Å². The second-order valence-electron chi connectivity index (χ2n) is 4.30. The van der Waals surface area contributed by atoms with E-state index in [1.165, 1.54) is 13.8 Å². The Kier molecular flexibility index (Phi) is 6.48. The van der Waals surface area contributed by atoms with Crippen molar-refractivity contribution in [2.75, 3.05) is 26.4 Å². The molecule has 0 spiro atoms. The molecule has 0 heterocycles. The van der Waals surface area contributed by atoms with E-state index in [2.05, 4.69) is 6.58 Å². The van der Waals surface area contributed by atoms with Gasteiger partial charge in [0.15, 0.2) is 0 Å². The molecule has 6 nitrogen and oxygen atoms in total. The van der Waals surface area contributed by atoms with Crippen LogP contribution < -0.4 is 0 Å². The number of aliphatic hydroxyl groups excluding tert-OH is 3. The molecule has 0 bridgehead atoms. The predicted octanol–water partition coefficient (Wildman–Crippen LogP) is -0.178. The summed E-state index contributed by atoms with van der Waals surface area (Å²) in [7, 11) is 0. The largest absolute Gasteiger partial charge is 0.429 e. The number of hydrogen-bond acceptors (Lipinski definition) is 6. The summed E-state index contributed by atoms with van der Waals surface area (Å²) in [6.07, 6.45) is 0. The van der Waals surface area contributed by atoms with Crippen molar-refractivity contribution < 1.29 is 29.6 Å². The first kappa shape index (κ1) is 17.1. The van der Waals surface area contributed by atoms with Crippen LogP contribution in [0.5, 0.6) is 0 Å². The standard InChI is InChI=1S/C12H22O6/c1-5-17-11(4,18-10(16)9(2)3)12(6-13,7-14)8-15/h13-15H,2,5-8H2,1,3-4H3. The van der Waals surface area contributed by atoms with E-state index in [4.69, 9.17) is 9.47 Å². The molecule has 106 valence electrons. The zero-order valence-electron chi connectivity index (χ0n) is 11.1. The number of rotatable bonds is 8. The van der Waals surface area contributed by atoms with Crippen LogP contribution in [-0.2, 0) is 14.3 Å². The summed E-state index contributed by atoms with van der Waals surface area (Å²) < 4.78 is 10.5. The Morgan fingerprint density at radius 3 is 1.94 bits per heavy atom. The first-order valence-electron chi connectivity index (χ1n) is 5.68. The normalized spacial score (nSPS) is 15.0. The summed E-state index contributed by atoms with van der Waals surface area (Å²) in [5.74, 6) is -2.36. The number of aliphatic hydroxyl groups is 3. The van der Waals surface area contributed by atoms with Crippen molar-refractivity contribution >= 4 is 5.97 Å². The minimum atomic E-state index is -1.64. The van der Waals surface area contributed by atoms with Crippen LogP contribution in [0, 0.1) is 5.41 Å². The molecule has 0 aliphatic carbocycles. The summed E-state index contributed by atoms with van der Waals surface area (Å²) in [5.41, 5.74) is -1.34. The highest BCUT2D eigenvalue weighted by Gasteiger charge is 2.52. The molecule has 0 aliphatic heterocycles. The minimum absolute atomic E-state index is 0.156. The van der Waals surface area contributed by atoms with E-state index in [1.807, 2.05) is 0 Å². The summed E-state index contributed by atoms with van der Waals surface area (Å²) in [4.78, 5) is 11.6. The average Bonchev–Trinajstić information content (AvgIpc) is 2.31. The number of esters is 1. The molecule has 1 atom stereocenters. The van der Waals surface area contributed by atoms with E-state index < -0.39 is 37.0 Å². The van der Waals surface area contributed by atoms with E-state index in [-0.39, 0.29) is 12.2 Å². The monoisotopic (exact) mass is 262 g/mol. The van der Waals surface area contributed by atoms with Gasteiger partial charge in [-0.2, -0.15) is 0 Å². The van der Waals surface area contributed by atoms with E-state index >= 15 is 0 Å². The Morgan fingerprint density at radius 1 is 1.22 bits per heavy atom. The van der Waals surface area contributed by atoms with Gasteiger partial charge < -0.3 is 24.8 Å². The molecular weight excluding hydrogens is 240 g/mol. The Balaban J connectivity index is 5.34. The third-order valence-electron chi connectivity index (χ3n) is 2.93. The highest BCUT2D eigenvalue weighted by molar-refractivity contribution is 5.87. The zero-order valence-corrected chi connectivity index (χ0v) is 11.1. The van der Waals surface area contributed by atoms with Gasteiger partial charge in [-0.3, -0.25) is 0 Å². The van der Waals surface area contributed by atoms with Crippen molar-refractivity contribution in [3.8, 4) is 0 Å². The Labute approximate surface area is 107 Å². The van der Waals surface area contributed by atoms with Crippen molar-refractivity contribution in [1.82, 2.24) is 0 Å². The molecule has 0 fully saturated rings. The van der Waals surface area contributed by atoms with Crippen LogP contribution in [0.3, 0.4) is 0 Å². The lowest BCUT2D eigenvalue weighted by atomic mass is 9.82. The molecule has 0 aromatic carbocycles. The average molecular weight is 262 g/mol. The van der Waals surface area contributed by atoms with Crippen molar-refractivity contribution in [2.45, 2.75) is 26.6 Å². The summed E-state index contributed by atoms with van der Waals surface area (Å²) >= 11 is 0. The zero-order chi connectivity index (χ0) is 14.4. The smallest absolute Gasteiger partial charge is 0.335 e. The lowest BCUT2D eigenvalue weighted by Crippen LogP contribution is -2.57. The van der Waals surface area contributed by atoms with Crippen molar-refractivity contribution in [3.63, 3.8) is 0 Å². The van der Waals surface area contributed by atoms with Gasteiger partial charge in [0.1, 0.15) is 5.41 Å². The molecule has 3 N–H and O–H groups in total. The molecule has 0 aromatic heterocycles. The van der Waals surface area contributed by atoms with Crippen LogP contribution in [-0.4, -0.2) is 53.5 Å². The SMILES string of the molecule is C=C(C)C(=O)OC(C)(OCC)C(CO)(CO)CO. The molecule has 0 saturated carbocycles. The van der Waals surface area contributed by atoms with Gasteiger partial charge in [0.05, 0.1) is 19.8 Å². The quantitative estimate of drug-likeness (QED) is 0.319. The van der Waals surface area contributed by atoms with Crippen LogP contribution in [0.1, 0.15) is 20.8 Å². The van der Waals surface area contributed by atoms with Gasteiger partial charge in [0.2, 0.25) is 5.79 Å². The molecule has 18 heavy (non-hydrogen) atoms. The van der Waals surface area contributed by atoms with Crippen LogP contribution in [0.25, 0.3) is 0 Å². The summed E-state index contributed by atoms with van der Waals surface area (Å²) in [5, 5.41) is 28.1. The fourth-order valence-electron chi connectivity index (χ4n) is 1.41. The molecule has 0 aliphatic rings. The third-order valence-corrected chi connectivity index (χ3v) is 2.93. The molecule has 0 aromatic rings. The topological polar surface area (TPSA) is 96.2 Å². The maximum atomic E-state index is 11.6. The van der Waals surface area contributed by atoms with E-state index in [1.54, 1.807) is 6.92 Å². The van der Waals surface area contributed by atoms with Gasteiger partial charge in [0.25, 0.3) is 0 Å². The fourth-order valence-corrected chi connectivity index (χ4v) is 1.41. The van der Waals surface area contributed by atoms with Crippen molar-refractivity contribution in [2.24, 2.45) is 5.41 Å². The molecule has 0 saturated heterocycles. The Morgan fingerprint density at radius 2 is 1.67 bits per heavy atom. The molecule has 6 heteroatoms. The minimum Gasteiger partial charge on any atom is -0.429 e. The van der Waals surface area contributed by atoms with Gasteiger partial charge in [-0.05, 0) is 13.8 Å². The highest BCUT2D eigenvalue weighted by Crippen LogP contribution is 2.35. The van der Waals surface area contributed by atoms with Crippen LogP contribution >= 0.6 is 0 Å². The molecule has 0 amide bonds. The maximum absolute atomic E-state index is 11.6. The van der Waals surface area contributed by atoms with Crippen molar-refractivity contribution in [3.05, 3.63) is 12.2 Å². The van der Waals surface area contributed by atoms with Crippen LogP contribution in [0.15, 0.2) is 12.2 Å².